The lowest BCUT2D eigenvalue weighted by Gasteiger charge is -2.31. The third kappa shape index (κ3) is 4.13. The van der Waals surface area contributed by atoms with E-state index in [4.69, 9.17) is 26.3 Å². The first-order valence-electron chi connectivity index (χ1n) is 11.4. The first-order valence-corrected chi connectivity index (χ1v) is 11.8. The van der Waals surface area contributed by atoms with Crippen molar-refractivity contribution in [3.05, 3.63) is 41.6 Å². The zero-order valence-electron chi connectivity index (χ0n) is 18.8. The number of fused-ring (bicyclic) bond motifs is 1. The normalized spacial score (nSPS) is 23.4. The molecule has 0 bridgehead atoms. The number of halogens is 1. The lowest BCUT2D eigenvalue weighted by Crippen LogP contribution is -2.46. The Balaban J connectivity index is 1.50. The topological polar surface area (TPSA) is 83.7 Å². The van der Waals surface area contributed by atoms with E-state index in [0.29, 0.717) is 43.3 Å². The Hall–Kier alpha value is -2.84. The summed E-state index contributed by atoms with van der Waals surface area (Å²) < 4.78 is 7.94. The van der Waals surface area contributed by atoms with Gasteiger partial charge >= 0.3 is 6.09 Å². The number of pyridine rings is 1. The number of ether oxygens (including phenoxy) is 1. The van der Waals surface area contributed by atoms with Crippen molar-refractivity contribution < 1.29 is 14.6 Å². The number of hydrogen-bond donors (Lipinski definition) is 1. The van der Waals surface area contributed by atoms with Crippen LogP contribution >= 0.6 is 11.6 Å². The summed E-state index contributed by atoms with van der Waals surface area (Å²) in [5, 5.41) is 10.0. The number of carbonyl (C=O) groups is 1. The molecule has 0 unspecified atom stereocenters. The minimum absolute atomic E-state index is 0.291. The molecule has 4 heterocycles. The van der Waals surface area contributed by atoms with Crippen LogP contribution in [0.2, 0.25) is 5.02 Å². The van der Waals surface area contributed by atoms with Gasteiger partial charge in [-0.05, 0) is 51.0 Å². The highest BCUT2D eigenvalue weighted by atomic mass is 35.5. The molecule has 0 aliphatic carbocycles. The molecule has 0 spiro atoms. The summed E-state index contributed by atoms with van der Waals surface area (Å²) in [6.07, 6.45) is 2.99. The largest absolute Gasteiger partial charge is 0.465 e. The highest BCUT2D eigenvalue weighted by Gasteiger charge is 2.29. The number of imidazole rings is 1. The summed E-state index contributed by atoms with van der Waals surface area (Å²) in [6, 6.07) is 10.7. The van der Waals surface area contributed by atoms with Crippen LogP contribution < -0.4 is 4.90 Å². The van der Waals surface area contributed by atoms with Crippen molar-refractivity contribution in [2.75, 3.05) is 24.6 Å². The lowest BCUT2D eigenvalue weighted by atomic mass is 10.2. The lowest BCUT2D eigenvalue weighted by molar-refractivity contribution is -0.0286. The molecule has 9 heteroatoms. The van der Waals surface area contributed by atoms with Crippen LogP contribution in [0, 0.1) is 0 Å². The molecular weight excluding hydrogens is 442 g/mol. The van der Waals surface area contributed by atoms with Gasteiger partial charge in [-0.2, -0.15) is 0 Å². The van der Waals surface area contributed by atoms with Crippen LogP contribution in [0.4, 0.5) is 10.6 Å². The predicted molar refractivity (Wildman–Crippen MR) is 128 cm³/mol. The van der Waals surface area contributed by atoms with Gasteiger partial charge in [0.05, 0.1) is 41.9 Å². The van der Waals surface area contributed by atoms with Gasteiger partial charge in [-0.15, -0.1) is 0 Å². The second kappa shape index (κ2) is 8.83. The number of aromatic nitrogens is 3. The van der Waals surface area contributed by atoms with Crippen molar-refractivity contribution in [3.8, 4) is 11.4 Å². The van der Waals surface area contributed by atoms with Gasteiger partial charge in [0.15, 0.2) is 0 Å². The Bertz CT molecular complexity index is 1150. The number of carboxylic acid groups (broad SMARTS) is 1. The average molecular weight is 470 g/mol. The van der Waals surface area contributed by atoms with Gasteiger partial charge in [-0.25, -0.2) is 14.8 Å². The van der Waals surface area contributed by atoms with Crippen molar-refractivity contribution >= 4 is 34.5 Å². The third-order valence-electron chi connectivity index (χ3n) is 6.74. The standard InChI is InChI=1S/C24H28ClN5O3/c1-15-6-7-16(2)30(15)21-9-8-17(12-26-21)23-27-20-5-3-4-19(25)22(20)29(23)14-18-13-28(24(31)32)10-11-33-18/h3-5,8-9,12,15-16,18H,6-7,10-11,13-14H2,1-2H3,(H,31,32)/t15-,16-,18-/m0/s1. The Morgan fingerprint density at radius 1 is 1.21 bits per heavy atom. The quantitative estimate of drug-likeness (QED) is 0.605. The van der Waals surface area contributed by atoms with E-state index < -0.39 is 6.09 Å². The summed E-state index contributed by atoms with van der Waals surface area (Å²) in [6.45, 7) is 5.98. The summed E-state index contributed by atoms with van der Waals surface area (Å²) in [5.41, 5.74) is 2.49. The first-order chi connectivity index (χ1) is 15.9. The van der Waals surface area contributed by atoms with E-state index >= 15 is 0 Å². The second-order valence-electron chi connectivity index (χ2n) is 8.96. The molecule has 3 atom stereocenters. The average Bonchev–Trinajstić information content (AvgIpc) is 3.34. The zero-order valence-corrected chi connectivity index (χ0v) is 19.6. The Labute approximate surface area is 197 Å². The predicted octanol–water partition coefficient (Wildman–Crippen LogP) is 4.51. The fourth-order valence-electron chi connectivity index (χ4n) is 5.06. The highest BCUT2D eigenvalue weighted by molar-refractivity contribution is 6.35. The number of amides is 1. The maximum atomic E-state index is 11.5. The van der Waals surface area contributed by atoms with E-state index in [-0.39, 0.29) is 6.10 Å². The minimum atomic E-state index is -0.929. The summed E-state index contributed by atoms with van der Waals surface area (Å²) in [5.74, 6) is 1.72. The van der Waals surface area contributed by atoms with E-state index in [1.807, 2.05) is 29.0 Å². The molecule has 2 aromatic heterocycles. The molecule has 0 radical (unpaired) electrons. The zero-order chi connectivity index (χ0) is 23.1. The SMILES string of the molecule is C[C@H]1CC[C@H](C)N1c1ccc(-c2nc3cccc(Cl)c3n2C[C@@H]2CN(C(=O)O)CCO2)cn1. The highest BCUT2D eigenvalue weighted by Crippen LogP contribution is 2.33. The molecule has 2 fully saturated rings. The van der Waals surface area contributed by atoms with Gasteiger partial charge in [0, 0.05) is 30.4 Å². The summed E-state index contributed by atoms with van der Waals surface area (Å²) >= 11 is 6.57. The van der Waals surface area contributed by atoms with Crippen LogP contribution in [0.3, 0.4) is 0 Å². The molecule has 2 saturated heterocycles. The number of benzene rings is 1. The molecule has 2 aliphatic rings. The maximum absolute atomic E-state index is 11.5. The minimum Gasteiger partial charge on any atom is -0.465 e. The van der Waals surface area contributed by atoms with Crippen LogP contribution in [0.25, 0.3) is 22.4 Å². The van der Waals surface area contributed by atoms with Crippen molar-refractivity contribution in [1.82, 2.24) is 19.4 Å². The van der Waals surface area contributed by atoms with E-state index in [2.05, 4.69) is 30.9 Å². The maximum Gasteiger partial charge on any atom is 0.407 e. The van der Waals surface area contributed by atoms with Crippen LogP contribution in [-0.2, 0) is 11.3 Å². The summed E-state index contributed by atoms with van der Waals surface area (Å²) in [4.78, 5) is 24.9. The molecule has 2 aliphatic heterocycles. The molecular formula is C24H28ClN5O3. The van der Waals surface area contributed by atoms with Gasteiger partial charge in [-0.1, -0.05) is 17.7 Å². The number of para-hydroxylation sites is 1. The molecule has 0 saturated carbocycles. The van der Waals surface area contributed by atoms with Gasteiger partial charge in [0.1, 0.15) is 11.6 Å². The van der Waals surface area contributed by atoms with Crippen LogP contribution in [0.5, 0.6) is 0 Å². The number of nitrogens with zero attached hydrogens (tertiary/aromatic N) is 5. The molecule has 1 N–H and O–H groups in total. The molecule has 1 aromatic carbocycles. The van der Waals surface area contributed by atoms with Crippen molar-refractivity contribution in [2.45, 2.75) is 51.4 Å². The van der Waals surface area contributed by atoms with E-state index in [0.717, 1.165) is 28.2 Å². The van der Waals surface area contributed by atoms with Gasteiger partial charge in [-0.3, -0.25) is 0 Å². The molecule has 33 heavy (non-hydrogen) atoms. The van der Waals surface area contributed by atoms with E-state index in [1.54, 1.807) is 0 Å². The van der Waals surface area contributed by atoms with Crippen LogP contribution in [0.1, 0.15) is 26.7 Å². The molecule has 3 aromatic rings. The number of morpholine rings is 1. The molecule has 8 nitrogen and oxygen atoms in total. The van der Waals surface area contributed by atoms with Crippen LogP contribution in [0.15, 0.2) is 36.5 Å². The Kier molecular flexibility index (Phi) is 5.88. The Morgan fingerprint density at radius 3 is 2.70 bits per heavy atom. The fraction of sp³-hybridized carbons (Fsp3) is 0.458. The van der Waals surface area contributed by atoms with Gasteiger partial charge < -0.3 is 24.2 Å². The van der Waals surface area contributed by atoms with E-state index in [1.165, 1.54) is 17.7 Å². The fourth-order valence-corrected chi connectivity index (χ4v) is 5.34. The number of hydrogen-bond acceptors (Lipinski definition) is 5. The van der Waals surface area contributed by atoms with E-state index in [9.17, 15) is 9.90 Å². The van der Waals surface area contributed by atoms with Crippen molar-refractivity contribution in [1.29, 1.82) is 0 Å². The number of rotatable bonds is 4. The first kappa shape index (κ1) is 22.0. The third-order valence-corrected chi connectivity index (χ3v) is 7.04. The molecule has 5 rings (SSSR count). The van der Waals surface area contributed by atoms with Gasteiger partial charge in [0.25, 0.3) is 0 Å². The Morgan fingerprint density at radius 2 is 2.00 bits per heavy atom. The summed E-state index contributed by atoms with van der Waals surface area (Å²) in [7, 11) is 0. The smallest absolute Gasteiger partial charge is 0.407 e. The van der Waals surface area contributed by atoms with Crippen molar-refractivity contribution in [2.24, 2.45) is 0 Å². The van der Waals surface area contributed by atoms with Crippen molar-refractivity contribution in [3.63, 3.8) is 0 Å². The number of anilines is 1. The molecule has 174 valence electrons. The molecule has 1 amide bonds. The van der Waals surface area contributed by atoms with Gasteiger partial charge in [0.2, 0.25) is 0 Å². The monoisotopic (exact) mass is 469 g/mol. The van der Waals surface area contributed by atoms with Crippen LogP contribution in [-0.4, -0.2) is 68.5 Å². The second-order valence-corrected chi connectivity index (χ2v) is 9.37.